The van der Waals surface area contributed by atoms with Gasteiger partial charge in [0.05, 0.1) is 12.2 Å². The fourth-order valence-corrected chi connectivity index (χ4v) is 4.39. The van der Waals surface area contributed by atoms with E-state index in [9.17, 15) is 14.7 Å². The number of carboxylic acid groups (broad SMARTS) is 2. The van der Waals surface area contributed by atoms with E-state index in [4.69, 9.17) is 9.84 Å². The van der Waals surface area contributed by atoms with Crippen LogP contribution in [0.25, 0.3) is 23.1 Å². The topological polar surface area (TPSA) is 88.8 Å². The van der Waals surface area contributed by atoms with E-state index in [1.54, 1.807) is 6.20 Å². The van der Waals surface area contributed by atoms with Crippen LogP contribution in [0, 0.1) is 0 Å². The minimum Gasteiger partial charge on any atom is -0.494 e. The summed E-state index contributed by atoms with van der Waals surface area (Å²) in [5, 5.41) is 19.3. The SMILES string of the molecule is O=C(O)CCCn1cc(C(=O)O)c2c(/C=C/c3ccc(OCCCCc4ccccc4)cc3)cccc21. The van der Waals surface area contributed by atoms with Crippen LogP contribution in [0.5, 0.6) is 5.75 Å². The maximum absolute atomic E-state index is 11.9. The van der Waals surface area contributed by atoms with Crippen molar-refractivity contribution < 1.29 is 24.5 Å². The number of fused-ring (bicyclic) bond motifs is 1. The molecule has 0 unspecified atom stereocenters. The predicted molar refractivity (Wildman–Crippen MR) is 146 cm³/mol. The molecule has 0 fully saturated rings. The van der Waals surface area contributed by atoms with Crippen LogP contribution in [-0.2, 0) is 17.8 Å². The number of aliphatic carboxylic acids is 1. The zero-order chi connectivity index (χ0) is 26.0. The Hall–Kier alpha value is -4.32. The molecule has 0 atom stereocenters. The molecule has 1 aromatic heterocycles. The van der Waals surface area contributed by atoms with Crippen LogP contribution in [0.3, 0.4) is 0 Å². The molecule has 6 heteroatoms. The number of aryl methyl sites for hydroxylation is 2. The van der Waals surface area contributed by atoms with Crippen LogP contribution >= 0.6 is 0 Å². The van der Waals surface area contributed by atoms with E-state index < -0.39 is 11.9 Å². The number of hydrogen-bond acceptors (Lipinski definition) is 3. The molecule has 3 aromatic carbocycles. The third-order valence-corrected chi connectivity index (χ3v) is 6.27. The van der Waals surface area contributed by atoms with Gasteiger partial charge in [-0.15, -0.1) is 0 Å². The predicted octanol–water partition coefficient (Wildman–Crippen LogP) is 6.78. The molecule has 37 heavy (non-hydrogen) atoms. The number of aromatic nitrogens is 1. The summed E-state index contributed by atoms with van der Waals surface area (Å²) < 4.78 is 7.71. The Morgan fingerprint density at radius 2 is 1.62 bits per heavy atom. The van der Waals surface area contributed by atoms with E-state index in [0.717, 1.165) is 41.7 Å². The van der Waals surface area contributed by atoms with Crippen LogP contribution < -0.4 is 4.74 Å². The van der Waals surface area contributed by atoms with Crippen molar-refractivity contribution in [3.63, 3.8) is 0 Å². The number of aromatic carboxylic acids is 1. The summed E-state index contributed by atoms with van der Waals surface area (Å²) in [4.78, 5) is 22.8. The first-order valence-corrected chi connectivity index (χ1v) is 12.5. The molecular weight excluding hydrogens is 466 g/mol. The molecule has 0 spiro atoms. The van der Waals surface area contributed by atoms with Crippen LogP contribution in [-0.4, -0.2) is 33.3 Å². The van der Waals surface area contributed by atoms with E-state index in [1.165, 1.54) is 5.56 Å². The van der Waals surface area contributed by atoms with Crippen LogP contribution in [0.15, 0.2) is 79.0 Å². The Bertz CT molecular complexity index is 1370. The van der Waals surface area contributed by atoms with Crippen LogP contribution in [0.1, 0.15) is 52.7 Å². The molecule has 0 saturated heterocycles. The van der Waals surface area contributed by atoms with Crippen LogP contribution in [0.4, 0.5) is 0 Å². The standard InChI is InChI=1S/C31H31NO5/c33-29(34)13-7-20-32-22-27(31(35)36)30-25(11-6-12-28(30)32)17-14-24-15-18-26(19-16-24)37-21-5-4-10-23-8-2-1-3-9-23/h1-3,6,8-9,11-12,14-19,22H,4-5,7,10,13,20-21H2,(H,33,34)(H,35,36)/b17-14+. The minimum absolute atomic E-state index is 0.0368. The van der Waals surface area contributed by atoms with E-state index in [0.29, 0.717) is 25.0 Å². The Morgan fingerprint density at radius 1 is 0.838 bits per heavy atom. The summed E-state index contributed by atoms with van der Waals surface area (Å²) in [5.41, 5.74) is 4.11. The molecule has 0 aliphatic heterocycles. The highest BCUT2D eigenvalue weighted by Crippen LogP contribution is 2.28. The van der Waals surface area contributed by atoms with Crippen molar-refractivity contribution in [3.8, 4) is 5.75 Å². The van der Waals surface area contributed by atoms with Crippen molar-refractivity contribution in [1.82, 2.24) is 4.57 Å². The molecule has 4 aromatic rings. The molecule has 6 nitrogen and oxygen atoms in total. The zero-order valence-corrected chi connectivity index (χ0v) is 20.7. The van der Waals surface area contributed by atoms with Gasteiger partial charge in [-0.05, 0) is 60.6 Å². The number of carboxylic acids is 2. The quantitative estimate of drug-likeness (QED) is 0.157. The largest absolute Gasteiger partial charge is 0.494 e. The lowest BCUT2D eigenvalue weighted by Gasteiger charge is -2.07. The van der Waals surface area contributed by atoms with E-state index >= 15 is 0 Å². The molecule has 1 heterocycles. The van der Waals surface area contributed by atoms with Crippen molar-refractivity contribution in [3.05, 3.63) is 101 Å². The first-order chi connectivity index (χ1) is 18.0. The van der Waals surface area contributed by atoms with Gasteiger partial charge in [0.15, 0.2) is 0 Å². The second kappa shape index (κ2) is 12.6. The van der Waals surface area contributed by atoms with Gasteiger partial charge >= 0.3 is 11.9 Å². The maximum Gasteiger partial charge on any atom is 0.337 e. The van der Waals surface area contributed by atoms with Gasteiger partial charge in [-0.1, -0.05) is 66.7 Å². The normalized spacial score (nSPS) is 11.2. The van der Waals surface area contributed by atoms with E-state index in [1.807, 2.05) is 65.3 Å². The van der Waals surface area contributed by atoms with Gasteiger partial charge in [-0.3, -0.25) is 4.79 Å². The monoisotopic (exact) mass is 497 g/mol. The van der Waals surface area contributed by atoms with Crippen molar-refractivity contribution >= 4 is 35.0 Å². The minimum atomic E-state index is -1.01. The summed E-state index contributed by atoms with van der Waals surface area (Å²) in [7, 11) is 0. The van der Waals surface area contributed by atoms with Gasteiger partial charge in [-0.2, -0.15) is 0 Å². The van der Waals surface area contributed by atoms with Gasteiger partial charge < -0.3 is 19.5 Å². The molecule has 190 valence electrons. The number of unbranched alkanes of at least 4 members (excludes halogenated alkanes) is 1. The average molecular weight is 498 g/mol. The molecule has 0 saturated carbocycles. The number of rotatable bonds is 13. The molecule has 0 aliphatic rings. The molecule has 0 aliphatic carbocycles. The number of carbonyl (C=O) groups is 2. The molecular formula is C31H31NO5. The smallest absolute Gasteiger partial charge is 0.337 e. The molecule has 0 bridgehead atoms. The Kier molecular flexibility index (Phi) is 8.76. The highest BCUT2D eigenvalue weighted by Gasteiger charge is 2.16. The highest BCUT2D eigenvalue weighted by molar-refractivity contribution is 6.07. The van der Waals surface area contributed by atoms with Gasteiger partial charge in [0.1, 0.15) is 5.75 Å². The Labute approximate surface area is 216 Å². The second-order valence-electron chi connectivity index (χ2n) is 8.97. The zero-order valence-electron chi connectivity index (χ0n) is 20.7. The third-order valence-electron chi connectivity index (χ3n) is 6.27. The van der Waals surface area contributed by atoms with Gasteiger partial charge in [0.25, 0.3) is 0 Å². The summed E-state index contributed by atoms with van der Waals surface area (Å²) in [6.07, 6.45) is 9.04. The van der Waals surface area contributed by atoms with Gasteiger partial charge in [-0.25, -0.2) is 4.79 Å². The number of ether oxygens (including phenoxy) is 1. The van der Waals surface area contributed by atoms with Crippen LogP contribution in [0.2, 0.25) is 0 Å². The van der Waals surface area contributed by atoms with Crippen molar-refractivity contribution in [2.45, 2.75) is 38.6 Å². The number of nitrogens with zero attached hydrogens (tertiary/aromatic N) is 1. The molecule has 2 N–H and O–H groups in total. The van der Waals surface area contributed by atoms with Crippen molar-refractivity contribution in [2.75, 3.05) is 6.61 Å². The lowest BCUT2D eigenvalue weighted by atomic mass is 10.0. The molecule has 4 rings (SSSR count). The lowest BCUT2D eigenvalue weighted by Crippen LogP contribution is -2.01. The Morgan fingerprint density at radius 3 is 2.35 bits per heavy atom. The second-order valence-corrected chi connectivity index (χ2v) is 8.97. The van der Waals surface area contributed by atoms with Crippen molar-refractivity contribution in [2.24, 2.45) is 0 Å². The first kappa shape index (κ1) is 25.8. The van der Waals surface area contributed by atoms with E-state index in [-0.39, 0.29) is 12.0 Å². The van der Waals surface area contributed by atoms with Crippen molar-refractivity contribution in [1.29, 1.82) is 0 Å². The summed E-state index contributed by atoms with van der Waals surface area (Å²) in [6, 6.07) is 23.9. The maximum atomic E-state index is 11.9. The summed E-state index contributed by atoms with van der Waals surface area (Å²) >= 11 is 0. The highest BCUT2D eigenvalue weighted by atomic mass is 16.5. The summed E-state index contributed by atoms with van der Waals surface area (Å²) in [5.74, 6) is -1.04. The first-order valence-electron chi connectivity index (χ1n) is 12.5. The van der Waals surface area contributed by atoms with E-state index in [2.05, 4.69) is 24.3 Å². The number of benzene rings is 3. The lowest BCUT2D eigenvalue weighted by molar-refractivity contribution is -0.137. The average Bonchev–Trinajstić information content (AvgIpc) is 3.28. The molecule has 0 radical (unpaired) electrons. The fourth-order valence-electron chi connectivity index (χ4n) is 4.39. The van der Waals surface area contributed by atoms with Gasteiger partial charge in [0, 0.05) is 30.1 Å². The number of hydrogen-bond donors (Lipinski definition) is 2. The fraction of sp³-hybridized carbons (Fsp3) is 0.226. The van der Waals surface area contributed by atoms with Gasteiger partial charge in [0.2, 0.25) is 0 Å². The Balaban J connectivity index is 1.38. The molecule has 0 amide bonds. The summed E-state index contributed by atoms with van der Waals surface area (Å²) in [6.45, 7) is 1.11. The third kappa shape index (κ3) is 7.10.